The minimum atomic E-state index is -0.469. The highest BCUT2D eigenvalue weighted by Gasteiger charge is 2.17. The van der Waals surface area contributed by atoms with Gasteiger partial charge in [0.2, 0.25) is 0 Å². The normalized spacial score (nSPS) is 12.8. The summed E-state index contributed by atoms with van der Waals surface area (Å²) in [5.41, 5.74) is 13.3. The van der Waals surface area contributed by atoms with Crippen molar-refractivity contribution in [2.24, 2.45) is 10.9 Å². The second-order valence-electron chi connectivity index (χ2n) is 4.92. The maximum atomic E-state index is 5.95. The van der Waals surface area contributed by atoms with Crippen molar-refractivity contribution in [1.29, 1.82) is 0 Å². The highest BCUT2D eigenvalue weighted by atomic mass is 35.5. The maximum absolute atomic E-state index is 5.95. The van der Waals surface area contributed by atoms with Crippen molar-refractivity contribution in [3.63, 3.8) is 0 Å². The highest BCUT2D eigenvalue weighted by Crippen LogP contribution is 2.27. The number of hydrogen-bond acceptors (Lipinski definition) is 6. The summed E-state index contributed by atoms with van der Waals surface area (Å²) >= 11 is 5.95. The van der Waals surface area contributed by atoms with Gasteiger partial charge in [0.1, 0.15) is 0 Å². The van der Waals surface area contributed by atoms with E-state index in [4.69, 9.17) is 27.9 Å². The molecule has 122 valence electrons. The van der Waals surface area contributed by atoms with Gasteiger partial charge < -0.3 is 16.3 Å². The van der Waals surface area contributed by atoms with Gasteiger partial charge in [-0.2, -0.15) is 0 Å². The predicted molar refractivity (Wildman–Crippen MR) is 90.3 cm³/mol. The standard InChI is InChI=1S/C16H14ClN5O2/c17-12-8-6-11(7-9-12)14(10-4-2-1-3-5-10)23-21-15(18)13-16(19)22-24-20-13/h1-9,14H,(H2,18,21)(H2,19,22)/t14-/m0/s1. The second kappa shape index (κ2) is 7.01. The molecule has 0 aliphatic heterocycles. The van der Waals surface area contributed by atoms with Gasteiger partial charge in [0.25, 0.3) is 0 Å². The first kappa shape index (κ1) is 15.8. The largest absolute Gasteiger partial charge is 0.381 e. The van der Waals surface area contributed by atoms with Crippen LogP contribution in [0, 0.1) is 0 Å². The third-order valence-corrected chi connectivity index (χ3v) is 3.54. The molecule has 1 heterocycles. The van der Waals surface area contributed by atoms with Crippen LogP contribution in [0.3, 0.4) is 0 Å². The molecule has 2 aromatic carbocycles. The summed E-state index contributed by atoms with van der Waals surface area (Å²) in [7, 11) is 0. The molecule has 0 spiro atoms. The van der Waals surface area contributed by atoms with E-state index >= 15 is 0 Å². The zero-order chi connectivity index (χ0) is 16.9. The molecule has 0 unspecified atom stereocenters. The molecule has 0 aliphatic carbocycles. The Labute approximate surface area is 142 Å². The summed E-state index contributed by atoms with van der Waals surface area (Å²) in [5.74, 6) is 0.0197. The Balaban J connectivity index is 1.91. The Morgan fingerprint density at radius 2 is 1.71 bits per heavy atom. The van der Waals surface area contributed by atoms with E-state index in [0.29, 0.717) is 5.02 Å². The van der Waals surface area contributed by atoms with Crippen molar-refractivity contribution < 1.29 is 9.47 Å². The summed E-state index contributed by atoms with van der Waals surface area (Å²) in [6, 6.07) is 16.9. The molecule has 1 atom stereocenters. The Kier molecular flexibility index (Phi) is 4.62. The number of hydrogen-bond donors (Lipinski definition) is 2. The Morgan fingerprint density at radius 3 is 2.33 bits per heavy atom. The molecule has 0 fully saturated rings. The minimum Gasteiger partial charge on any atom is -0.381 e. The predicted octanol–water partition coefficient (Wildman–Crippen LogP) is 2.73. The van der Waals surface area contributed by atoms with Gasteiger partial charge in [0, 0.05) is 5.02 Å². The van der Waals surface area contributed by atoms with Gasteiger partial charge in [0.05, 0.1) is 0 Å². The highest BCUT2D eigenvalue weighted by molar-refractivity contribution is 6.30. The number of nitrogens with zero attached hydrogens (tertiary/aromatic N) is 3. The van der Waals surface area contributed by atoms with Gasteiger partial charge in [-0.1, -0.05) is 59.2 Å². The molecule has 1 aromatic heterocycles. The van der Waals surface area contributed by atoms with Gasteiger partial charge >= 0.3 is 0 Å². The van der Waals surface area contributed by atoms with Crippen LogP contribution in [-0.2, 0) is 4.84 Å². The van der Waals surface area contributed by atoms with E-state index in [9.17, 15) is 0 Å². The number of benzene rings is 2. The Morgan fingerprint density at radius 1 is 1.04 bits per heavy atom. The van der Waals surface area contributed by atoms with Crippen LogP contribution in [0.4, 0.5) is 5.82 Å². The fourth-order valence-electron chi connectivity index (χ4n) is 2.11. The van der Waals surface area contributed by atoms with E-state index in [0.717, 1.165) is 11.1 Å². The van der Waals surface area contributed by atoms with Gasteiger partial charge in [-0.25, -0.2) is 4.63 Å². The van der Waals surface area contributed by atoms with Crippen LogP contribution in [0.2, 0.25) is 5.02 Å². The molecule has 0 saturated heterocycles. The molecule has 7 nitrogen and oxygen atoms in total. The number of amidine groups is 1. The summed E-state index contributed by atoms with van der Waals surface area (Å²) in [4.78, 5) is 5.65. The monoisotopic (exact) mass is 343 g/mol. The van der Waals surface area contributed by atoms with Gasteiger partial charge in [-0.05, 0) is 33.6 Å². The number of nitrogens with two attached hydrogens (primary N) is 2. The molecule has 0 saturated carbocycles. The first-order chi connectivity index (χ1) is 11.6. The molecular weight excluding hydrogens is 330 g/mol. The zero-order valence-electron chi connectivity index (χ0n) is 12.5. The van der Waals surface area contributed by atoms with Crippen LogP contribution in [0.1, 0.15) is 22.9 Å². The molecule has 0 radical (unpaired) electrons. The smallest absolute Gasteiger partial charge is 0.199 e. The fraction of sp³-hybridized carbons (Fsp3) is 0.0625. The number of aromatic nitrogens is 2. The SMILES string of the molecule is N/C(=N\O[C@@H](c1ccccc1)c1ccc(Cl)cc1)c1nonc1N. The molecule has 8 heteroatoms. The topological polar surface area (TPSA) is 113 Å². The summed E-state index contributed by atoms with van der Waals surface area (Å²) in [6.07, 6.45) is -0.469. The van der Waals surface area contributed by atoms with Crippen molar-refractivity contribution in [3.8, 4) is 0 Å². The first-order valence-corrected chi connectivity index (χ1v) is 7.41. The lowest BCUT2D eigenvalue weighted by Crippen LogP contribution is -2.17. The van der Waals surface area contributed by atoms with Crippen LogP contribution < -0.4 is 11.5 Å². The van der Waals surface area contributed by atoms with E-state index in [1.165, 1.54) is 0 Å². The molecule has 3 rings (SSSR count). The van der Waals surface area contributed by atoms with Crippen molar-refractivity contribution >= 4 is 23.3 Å². The average molecular weight is 344 g/mol. The van der Waals surface area contributed by atoms with Crippen LogP contribution in [0.15, 0.2) is 64.4 Å². The van der Waals surface area contributed by atoms with Crippen LogP contribution >= 0.6 is 11.6 Å². The quantitative estimate of drug-likeness (QED) is 0.418. The van der Waals surface area contributed by atoms with Crippen molar-refractivity contribution in [3.05, 3.63) is 76.4 Å². The first-order valence-electron chi connectivity index (χ1n) is 7.03. The maximum Gasteiger partial charge on any atom is 0.199 e. The molecule has 0 amide bonds. The second-order valence-corrected chi connectivity index (χ2v) is 5.36. The number of oxime groups is 1. The summed E-state index contributed by atoms with van der Waals surface area (Å²) in [5, 5.41) is 11.6. The third kappa shape index (κ3) is 3.47. The number of rotatable bonds is 5. The summed E-state index contributed by atoms with van der Waals surface area (Å²) in [6.45, 7) is 0. The lowest BCUT2D eigenvalue weighted by Gasteiger charge is -2.16. The number of nitrogen functional groups attached to an aromatic ring is 1. The van der Waals surface area contributed by atoms with E-state index < -0.39 is 6.10 Å². The van der Waals surface area contributed by atoms with E-state index in [-0.39, 0.29) is 17.3 Å². The Bertz CT molecular complexity index is 833. The molecule has 0 bridgehead atoms. The van der Waals surface area contributed by atoms with Gasteiger partial charge in [0.15, 0.2) is 23.5 Å². The van der Waals surface area contributed by atoms with Crippen molar-refractivity contribution in [1.82, 2.24) is 10.3 Å². The fourth-order valence-corrected chi connectivity index (χ4v) is 2.23. The Hall–Kier alpha value is -3.06. The number of anilines is 1. The lowest BCUT2D eigenvalue weighted by atomic mass is 10.0. The molecular formula is C16H14ClN5O2. The minimum absolute atomic E-state index is 0.0244. The van der Waals surface area contributed by atoms with Crippen molar-refractivity contribution in [2.45, 2.75) is 6.10 Å². The van der Waals surface area contributed by atoms with Crippen molar-refractivity contribution in [2.75, 3.05) is 5.73 Å². The van der Waals surface area contributed by atoms with Crippen LogP contribution in [0.25, 0.3) is 0 Å². The van der Waals surface area contributed by atoms with Gasteiger partial charge in [-0.3, -0.25) is 0 Å². The molecule has 3 aromatic rings. The third-order valence-electron chi connectivity index (χ3n) is 3.29. The zero-order valence-corrected chi connectivity index (χ0v) is 13.2. The molecule has 24 heavy (non-hydrogen) atoms. The van der Waals surface area contributed by atoms with Crippen LogP contribution in [-0.4, -0.2) is 16.1 Å². The average Bonchev–Trinajstić information content (AvgIpc) is 3.03. The summed E-state index contributed by atoms with van der Waals surface area (Å²) < 4.78 is 4.50. The van der Waals surface area contributed by atoms with E-state index in [2.05, 4.69) is 20.1 Å². The van der Waals surface area contributed by atoms with E-state index in [1.807, 2.05) is 42.5 Å². The number of halogens is 1. The van der Waals surface area contributed by atoms with Gasteiger partial charge in [-0.15, -0.1) is 0 Å². The van der Waals surface area contributed by atoms with E-state index in [1.54, 1.807) is 12.1 Å². The molecule has 4 N–H and O–H groups in total. The van der Waals surface area contributed by atoms with Crippen LogP contribution in [0.5, 0.6) is 0 Å². The molecule has 0 aliphatic rings. The lowest BCUT2D eigenvalue weighted by molar-refractivity contribution is 0.0871.